The lowest BCUT2D eigenvalue weighted by molar-refractivity contribution is 0.103. The Morgan fingerprint density at radius 1 is 0.719 bits per heavy atom. The van der Waals surface area contributed by atoms with Crippen LogP contribution in [0.4, 0.5) is 0 Å². The highest BCUT2D eigenvalue weighted by Crippen LogP contribution is 2.54. The number of carbonyl (C=O) groups is 2. The van der Waals surface area contributed by atoms with Crippen molar-refractivity contribution in [2.75, 3.05) is 6.16 Å². The summed E-state index contributed by atoms with van der Waals surface area (Å²) < 4.78 is 14.4. The molecule has 0 aromatic heterocycles. The van der Waals surface area contributed by atoms with Crippen LogP contribution in [-0.2, 0) is 15.2 Å². The van der Waals surface area contributed by atoms with Gasteiger partial charge in [-0.1, -0.05) is 82.3 Å². The van der Waals surface area contributed by atoms with E-state index in [0.717, 1.165) is 52.6 Å². The molecule has 3 nitrogen and oxygen atoms in total. The first kappa shape index (κ1) is 27.2. The molecule has 0 amide bonds. The average molecular weight is 584 g/mol. The van der Waals surface area contributed by atoms with Crippen molar-refractivity contribution in [3.8, 4) is 0 Å². The van der Waals surface area contributed by atoms with E-state index in [4.69, 9.17) is 0 Å². The van der Waals surface area contributed by atoms with E-state index in [1.165, 1.54) is 0 Å². The fraction of sp³-hybridized carbons (Fsp3) is 0.462. The maximum Gasteiger partial charge on any atom is 0.229 e. The molecule has 0 heterocycles. The summed E-state index contributed by atoms with van der Waals surface area (Å²) >= 11 is 6.92. The summed E-state index contributed by atoms with van der Waals surface area (Å²) in [6, 6.07) is 7.73. The van der Waals surface area contributed by atoms with Crippen LogP contribution in [-0.4, -0.2) is 17.2 Å². The highest BCUT2D eigenvalue weighted by molar-refractivity contribution is 9.08. The van der Waals surface area contributed by atoms with Gasteiger partial charge in [-0.05, 0) is 67.5 Å². The topological polar surface area (TPSA) is 51.2 Å². The third-order valence-electron chi connectivity index (χ3n) is 5.90. The molecule has 0 aliphatic heterocycles. The van der Waals surface area contributed by atoms with Crippen molar-refractivity contribution in [3.63, 3.8) is 0 Å². The predicted molar refractivity (Wildman–Crippen MR) is 142 cm³/mol. The first-order valence-corrected chi connectivity index (χ1v) is 15.2. The molecule has 0 radical (unpaired) electrons. The van der Waals surface area contributed by atoms with Crippen molar-refractivity contribution >= 4 is 50.1 Å². The van der Waals surface area contributed by atoms with Crippen LogP contribution >= 0.6 is 39.0 Å². The van der Waals surface area contributed by atoms with Crippen molar-refractivity contribution in [1.29, 1.82) is 0 Å². The number of benzene rings is 2. The van der Waals surface area contributed by atoms with E-state index in [2.05, 4.69) is 38.8 Å². The Bertz CT molecular complexity index is 938. The van der Waals surface area contributed by atoms with Gasteiger partial charge in [-0.25, -0.2) is 0 Å². The van der Waals surface area contributed by atoms with Crippen molar-refractivity contribution in [2.24, 2.45) is 0 Å². The van der Waals surface area contributed by atoms with Crippen molar-refractivity contribution in [3.05, 3.63) is 68.8 Å². The van der Waals surface area contributed by atoms with E-state index < -0.39 is 18.2 Å². The minimum Gasteiger partial charge on any atom is -0.307 e. The molecule has 2 rings (SSSR count). The lowest BCUT2D eigenvalue weighted by Crippen LogP contribution is -2.17. The van der Waals surface area contributed by atoms with Crippen LogP contribution in [0.3, 0.4) is 0 Å². The third kappa shape index (κ3) is 5.90. The molecule has 0 saturated heterocycles. The van der Waals surface area contributed by atoms with E-state index in [1.54, 1.807) is 0 Å². The van der Waals surface area contributed by atoms with E-state index in [0.29, 0.717) is 28.2 Å². The molecular formula is C26H33Br2O3P. The summed E-state index contributed by atoms with van der Waals surface area (Å²) in [5.41, 5.74) is 5.10. The average Bonchev–Trinajstić information content (AvgIpc) is 2.75. The van der Waals surface area contributed by atoms with Crippen molar-refractivity contribution in [1.82, 2.24) is 0 Å². The van der Waals surface area contributed by atoms with Gasteiger partial charge in [0.05, 0.1) is 0 Å². The Kier molecular flexibility index (Phi) is 10.1. The second-order valence-corrected chi connectivity index (χ2v) is 12.5. The summed E-state index contributed by atoms with van der Waals surface area (Å²) in [6.07, 6.45) is 3.63. The zero-order valence-corrected chi connectivity index (χ0v) is 23.8. The summed E-state index contributed by atoms with van der Waals surface area (Å²) in [5, 5.41) is 1.35. The Labute approximate surface area is 209 Å². The lowest BCUT2D eigenvalue weighted by atomic mass is 10.0. The lowest BCUT2D eigenvalue weighted by Gasteiger charge is -2.21. The fourth-order valence-corrected chi connectivity index (χ4v) is 7.69. The van der Waals surface area contributed by atoms with Crippen molar-refractivity contribution in [2.45, 2.75) is 71.0 Å². The second-order valence-electron chi connectivity index (χ2n) is 8.61. The number of halogens is 2. The van der Waals surface area contributed by atoms with Crippen LogP contribution in [0.2, 0.25) is 0 Å². The SMILES string of the molecule is CCCCCCP(=O)(C(=O)c1c(C)cc(CBr)cc1C)C(=O)c1c(C)cc(CBr)cc1C. The molecule has 0 unspecified atom stereocenters. The molecule has 0 spiro atoms. The zero-order chi connectivity index (χ0) is 24.1. The quantitative estimate of drug-likeness (QED) is 0.151. The Hall–Kier alpha value is -1.03. The number of alkyl halides is 2. The minimum absolute atomic E-state index is 0.128. The van der Waals surface area contributed by atoms with Crippen LogP contribution in [0.5, 0.6) is 0 Å². The molecule has 0 N–H and O–H groups in total. The molecule has 2 aromatic carbocycles. The zero-order valence-electron chi connectivity index (χ0n) is 19.7. The molecule has 6 heteroatoms. The fourth-order valence-electron chi connectivity index (χ4n) is 4.35. The van der Waals surface area contributed by atoms with Gasteiger partial charge in [0.1, 0.15) is 0 Å². The number of rotatable bonds is 11. The smallest absolute Gasteiger partial charge is 0.229 e. The highest BCUT2D eigenvalue weighted by atomic mass is 79.9. The predicted octanol–water partition coefficient (Wildman–Crippen LogP) is 8.63. The second kappa shape index (κ2) is 11.9. The van der Waals surface area contributed by atoms with Gasteiger partial charge in [0.2, 0.25) is 18.2 Å². The Morgan fingerprint density at radius 3 is 1.41 bits per heavy atom. The molecule has 0 saturated carbocycles. The van der Waals surface area contributed by atoms with Gasteiger partial charge in [-0.15, -0.1) is 0 Å². The van der Waals surface area contributed by atoms with Gasteiger partial charge in [0, 0.05) is 27.9 Å². The van der Waals surface area contributed by atoms with Crippen molar-refractivity contribution < 1.29 is 14.2 Å². The first-order chi connectivity index (χ1) is 15.1. The number of aryl methyl sites for hydroxylation is 4. The Morgan fingerprint density at radius 2 is 1.09 bits per heavy atom. The summed E-state index contributed by atoms with van der Waals surface area (Å²) in [6.45, 7) is 9.55. The van der Waals surface area contributed by atoms with Crippen LogP contribution in [0.1, 0.15) is 86.7 Å². The molecule has 0 atom stereocenters. The van der Waals surface area contributed by atoms with Gasteiger partial charge in [0.25, 0.3) is 0 Å². The summed E-state index contributed by atoms with van der Waals surface area (Å²) in [4.78, 5) is 27.7. The van der Waals surface area contributed by atoms with E-state index in [-0.39, 0.29) is 6.16 Å². The number of unbranched alkanes of at least 4 members (excludes halogenated alkanes) is 3. The van der Waals surface area contributed by atoms with Gasteiger partial charge in [-0.2, -0.15) is 0 Å². The summed E-state index contributed by atoms with van der Waals surface area (Å²) in [7, 11) is -3.84. The number of hydrogen-bond acceptors (Lipinski definition) is 3. The number of hydrogen-bond donors (Lipinski definition) is 0. The van der Waals surface area contributed by atoms with Gasteiger partial charge < -0.3 is 4.57 Å². The standard InChI is InChI=1S/C26H33Br2O3P/c1-6-7-8-9-10-32(31,25(29)23-17(2)11-21(15-27)12-18(23)3)26(30)24-19(4)13-22(16-28)14-20(24)5/h11-14H,6-10,15-16H2,1-5H3. The van der Waals surface area contributed by atoms with Gasteiger partial charge in [0.15, 0.2) is 0 Å². The molecular weight excluding hydrogens is 551 g/mol. The molecule has 0 aliphatic carbocycles. The summed E-state index contributed by atoms with van der Waals surface area (Å²) in [5.74, 6) is 0. The van der Waals surface area contributed by atoms with Crippen LogP contribution in [0, 0.1) is 27.7 Å². The first-order valence-electron chi connectivity index (χ1n) is 11.1. The van der Waals surface area contributed by atoms with E-state index >= 15 is 0 Å². The molecule has 174 valence electrons. The van der Waals surface area contributed by atoms with E-state index in [9.17, 15) is 14.2 Å². The third-order valence-corrected chi connectivity index (χ3v) is 9.90. The molecule has 0 fully saturated rings. The van der Waals surface area contributed by atoms with Gasteiger partial charge in [-0.3, -0.25) is 9.59 Å². The maximum absolute atomic E-state index is 14.4. The molecule has 32 heavy (non-hydrogen) atoms. The largest absolute Gasteiger partial charge is 0.307 e. The molecule has 2 aromatic rings. The van der Waals surface area contributed by atoms with Crippen LogP contribution in [0.15, 0.2) is 24.3 Å². The molecule has 0 aliphatic rings. The minimum atomic E-state index is -3.84. The number of carbonyl (C=O) groups excluding carboxylic acids is 2. The Balaban J connectivity index is 2.61. The van der Waals surface area contributed by atoms with E-state index in [1.807, 2.05) is 52.0 Å². The molecule has 0 bridgehead atoms. The highest BCUT2D eigenvalue weighted by Gasteiger charge is 2.42. The monoisotopic (exact) mass is 582 g/mol. The maximum atomic E-state index is 14.4. The van der Waals surface area contributed by atoms with Gasteiger partial charge >= 0.3 is 0 Å². The van der Waals surface area contributed by atoms with Crippen LogP contribution < -0.4 is 0 Å². The van der Waals surface area contributed by atoms with Crippen LogP contribution in [0.25, 0.3) is 0 Å². The normalized spacial score (nSPS) is 11.6.